The molecule has 1 N–H and O–H groups in total. The van der Waals surface area contributed by atoms with Gasteiger partial charge in [0.15, 0.2) is 9.75 Å². The Morgan fingerprint density at radius 1 is 0.891 bits per heavy atom. The minimum atomic E-state index is -2.19. The molecule has 0 aromatic heterocycles. The molecule has 234 valence electrons. The number of nitrogens with zero attached hydrogens (tertiary/aromatic N) is 3. The second-order valence-electron chi connectivity index (χ2n) is 11.7. The maximum Gasteiger partial charge on any atom is 0.271 e. The number of alkyl halides is 2. The summed E-state index contributed by atoms with van der Waals surface area (Å²) in [5.74, 6) is -7.80. The Kier molecular flexibility index (Phi) is 6.82. The van der Waals surface area contributed by atoms with Gasteiger partial charge < -0.3 is 5.11 Å². The lowest BCUT2D eigenvalue weighted by molar-refractivity contribution is -0.384. The van der Waals surface area contributed by atoms with Gasteiger partial charge in [-0.25, -0.2) is 14.2 Å². The number of phenolic OH excluding ortho intramolecular Hbond substituents is 1. The minimum absolute atomic E-state index is 0.0141. The van der Waals surface area contributed by atoms with Gasteiger partial charge in [-0.3, -0.25) is 29.3 Å². The second-order valence-corrected chi connectivity index (χ2v) is 13.4. The first-order valence-corrected chi connectivity index (χ1v) is 15.3. The summed E-state index contributed by atoms with van der Waals surface area (Å²) in [7, 11) is 0. The van der Waals surface area contributed by atoms with Crippen LogP contribution >= 0.6 is 34.8 Å². The van der Waals surface area contributed by atoms with E-state index in [0.717, 1.165) is 28.0 Å². The topological polar surface area (TPSA) is 138 Å². The Hall–Kier alpha value is -4.32. The van der Waals surface area contributed by atoms with E-state index in [4.69, 9.17) is 34.8 Å². The van der Waals surface area contributed by atoms with E-state index < -0.39 is 67.8 Å². The highest BCUT2D eigenvalue weighted by Gasteiger charge is 2.76. The van der Waals surface area contributed by atoms with Crippen LogP contribution in [0, 0.1) is 33.7 Å². The SMILES string of the molecule is O=C1[C@H]2[C@H](CC=C3[C@H]2C[C@@]2(Cl)C(=O)N(c4ccc(F)cc4)C(=O)[C@@]2(Cl)[C@H]3c2ccc(O)cc2Cl)C(=O)N1c1cccc([N+](=O)[O-])c1. The summed E-state index contributed by atoms with van der Waals surface area (Å²) in [5.41, 5.74) is 0.456. The van der Waals surface area contributed by atoms with E-state index in [1.807, 2.05) is 0 Å². The molecule has 14 heteroatoms. The fraction of sp³-hybridized carbons (Fsp3) is 0.250. The Morgan fingerprint density at radius 3 is 2.28 bits per heavy atom. The maximum absolute atomic E-state index is 14.4. The van der Waals surface area contributed by atoms with Crippen LogP contribution < -0.4 is 9.80 Å². The molecule has 3 fully saturated rings. The fourth-order valence-corrected chi connectivity index (χ4v) is 8.71. The predicted octanol–water partition coefficient (Wildman–Crippen LogP) is 5.86. The number of amides is 4. The summed E-state index contributed by atoms with van der Waals surface area (Å²) in [6.45, 7) is 0. The number of imide groups is 2. The minimum Gasteiger partial charge on any atom is -0.508 e. The molecule has 0 spiro atoms. The van der Waals surface area contributed by atoms with Gasteiger partial charge in [0.1, 0.15) is 11.6 Å². The second kappa shape index (κ2) is 10.3. The quantitative estimate of drug-likeness (QED) is 0.119. The Balaban J connectivity index is 1.39. The molecule has 46 heavy (non-hydrogen) atoms. The van der Waals surface area contributed by atoms with Crippen LogP contribution in [-0.2, 0) is 19.2 Å². The summed E-state index contributed by atoms with van der Waals surface area (Å²) < 4.78 is 13.8. The van der Waals surface area contributed by atoms with Crippen molar-refractivity contribution in [3.63, 3.8) is 0 Å². The molecular formula is C32H21Cl3FN3O7. The lowest BCUT2D eigenvalue weighted by Crippen LogP contribution is -2.60. The van der Waals surface area contributed by atoms with E-state index in [0.29, 0.717) is 5.57 Å². The van der Waals surface area contributed by atoms with Crippen LogP contribution in [0.4, 0.5) is 21.5 Å². The molecule has 0 bridgehead atoms. The molecule has 4 amide bonds. The molecular weight excluding hydrogens is 664 g/mol. The number of nitro groups is 1. The molecule has 7 rings (SSSR count). The van der Waals surface area contributed by atoms with Gasteiger partial charge in [-0.15, -0.1) is 23.2 Å². The number of fused-ring (bicyclic) bond motifs is 4. The summed E-state index contributed by atoms with van der Waals surface area (Å²) in [4.78, 5) is 64.7. The zero-order valence-electron chi connectivity index (χ0n) is 23.4. The maximum atomic E-state index is 14.4. The van der Waals surface area contributed by atoms with Gasteiger partial charge in [0.05, 0.1) is 28.1 Å². The Bertz CT molecular complexity index is 1940. The van der Waals surface area contributed by atoms with Crippen molar-refractivity contribution in [1.29, 1.82) is 0 Å². The molecule has 0 radical (unpaired) electrons. The molecule has 10 nitrogen and oxygen atoms in total. The predicted molar refractivity (Wildman–Crippen MR) is 165 cm³/mol. The molecule has 4 aliphatic rings. The molecule has 3 aromatic rings. The molecule has 2 saturated heterocycles. The van der Waals surface area contributed by atoms with E-state index in [9.17, 15) is 38.8 Å². The smallest absolute Gasteiger partial charge is 0.271 e. The van der Waals surface area contributed by atoms with Crippen LogP contribution in [0.15, 0.2) is 78.4 Å². The van der Waals surface area contributed by atoms with Crippen LogP contribution in [0.25, 0.3) is 0 Å². The third kappa shape index (κ3) is 4.01. The van der Waals surface area contributed by atoms with Crippen molar-refractivity contribution >= 4 is 75.5 Å². The van der Waals surface area contributed by atoms with Gasteiger partial charge in [-0.1, -0.05) is 35.4 Å². The Labute approximate surface area is 275 Å². The van der Waals surface area contributed by atoms with E-state index in [1.165, 1.54) is 48.5 Å². The molecule has 1 saturated carbocycles. The first-order valence-electron chi connectivity index (χ1n) is 14.1. The van der Waals surface area contributed by atoms with Crippen LogP contribution in [0.5, 0.6) is 5.75 Å². The summed E-state index contributed by atoms with van der Waals surface area (Å²) in [6, 6.07) is 13.8. The number of carbonyl (C=O) groups is 4. The van der Waals surface area contributed by atoms with E-state index in [2.05, 4.69) is 0 Å². The average Bonchev–Trinajstić information content (AvgIpc) is 3.36. The number of carbonyl (C=O) groups excluding carboxylic acids is 4. The van der Waals surface area contributed by atoms with E-state index >= 15 is 0 Å². The molecule has 2 heterocycles. The van der Waals surface area contributed by atoms with Crippen LogP contribution in [0.2, 0.25) is 5.02 Å². The molecule has 0 unspecified atom stereocenters. The summed E-state index contributed by atoms with van der Waals surface area (Å²) >= 11 is 21.2. The average molecular weight is 685 g/mol. The summed E-state index contributed by atoms with van der Waals surface area (Å²) in [5, 5.41) is 21.6. The number of allylic oxidation sites excluding steroid dienone is 2. The normalized spacial score (nSPS) is 30.2. The van der Waals surface area contributed by atoms with Crippen LogP contribution in [0.1, 0.15) is 24.3 Å². The zero-order valence-corrected chi connectivity index (χ0v) is 25.7. The lowest BCUT2D eigenvalue weighted by Gasteiger charge is -2.50. The van der Waals surface area contributed by atoms with Gasteiger partial charge in [-0.05, 0) is 66.8 Å². The van der Waals surface area contributed by atoms with E-state index in [1.54, 1.807) is 6.08 Å². The number of hydrogen-bond acceptors (Lipinski definition) is 7. The lowest BCUT2D eigenvalue weighted by atomic mass is 9.56. The third-order valence-electron chi connectivity index (χ3n) is 9.49. The standard InChI is InChI=1S/C32H21Cl3FN3O7/c33-24-13-19(40)8-9-21(24)26-20-10-11-22-25(28(42)37(27(22)41)17-2-1-3-18(12-17)39(45)46)23(20)14-31(34)29(43)38(30(44)32(26,31)35)16-6-4-15(36)5-7-16/h1-10,12-13,22-23,25-26,40H,11,14H2/t22-,23+,25-,26+,31+,32-/m0/s1. The number of hydrogen-bond donors (Lipinski definition) is 1. The molecule has 3 aromatic carbocycles. The Morgan fingerprint density at radius 2 is 1.61 bits per heavy atom. The van der Waals surface area contributed by atoms with Gasteiger partial charge in [0.25, 0.3) is 17.5 Å². The number of nitro benzene ring substituents is 1. The van der Waals surface area contributed by atoms with Crippen molar-refractivity contribution in [2.75, 3.05) is 9.80 Å². The summed E-state index contributed by atoms with van der Waals surface area (Å²) in [6.07, 6.45) is 1.45. The number of anilines is 2. The van der Waals surface area contributed by atoms with Crippen molar-refractivity contribution in [3.8, 4) is 5.75 Å². The zero-order chi connectivity index (χ0) is 32.9. The van der Waals surface area contributed by atoms with Gasteiger partial charge in [-0.2, -0.15) is 0 Å². The van der Waals surface area contributed by atoms with Gasteiger partial charge in [0.2, 0.25) is 11.8 Å². The van der Waals surface area contributed by atoms with Crippen molar-refractivity contribution in [2.45, 2.75) is 28.5 Å². The highest BCUT2D eigenvalue weighted by molar-refractivity contribution is 6.58. The van der Waals surface area contributed by atoms with E-state index in [-0.39, 0.29) is 46.2 Å². The van der Waals surface area contributed by atoms with Crippen LogP contribution in [-0.4, -0.2) is 43.4 Å². The van der Waals surface area contributed by atoms with Gasteiger partial charge in [0, 0.05) is 23.1 Å². The largest absolute Gasteiger partial charge is 0.508 e. The van der Waals surface area contributed by atoms with Crippen molar-refractivity contribution < 1.29 is 33.6 Å². The molecule has 6 atom stereocenters. The first kappa shape index (κ1) is 30.3. The fourth-order valence-electron chi connectivity index (χ4n) is 7.49. The molecule has 2 aliphatic carbocycles. The van der Waals surface area contributed by atoms with Crippen molar-refractivity contribution in [2.24, 2.45) is 17.8 Å². The third-order valence-corrected chi connectivity index (χ3v) is 11.2. The van der Waals surface area contributed by atoms with Crippen molar-refractivity contribution in [1.82, 2.24) is 0 Å². The number of halogens is 4. The number of non-ortho nitro benzene ring substituents is 1. The highest BCUT2D eigenvalue weighted by atomic mass is 35.5. The first-order chi connectivity index (χ1) is 21.8. The number of aromatic hydroxyl groups is 1. The van der Waals surface area contributed by atoms with Crippen molar-refractivity contribution in [3.05, 3.63) is 105 Å². The number of rotatable bonds is 4. The van der Waals surface area contributed by atoms with Gasteiger partial charge >= 0.3 is 0 Å². The number of benzene rings is 3. The molecule has 2 aliphatic heterocycles. The monoisotopic (exact) mass is 683 g/mol. The highest BCUT2D eigenvalue weighted by Crippen LogP contribution is 2.66. The number of phenols is 1. The van der Waals surface area contributed by atoms with Crippen LogP contribution in [0.3, 0.4) is 0 Å².